The summed E-state index contributed by atoms with van der Waals surface area (Å²) >= 11 is 0. The normalized spacial score (nSPS) is 12.4. The van der Waals surface area contributed by atoms with E-state index in [1.165, 1.54) is 0 Å². The lowest BCUT2D eigenvalue weighted by molar-refractivity contribution is 0.390. The summed E-state index contributed by atoms with van der Waals surface area (Å²) in [5.41, 5.74) is 0.996. The first kappa shape index (κ1) is 17.5. The summed E-state index contributed by atoms with van der Waals surface area (Å²) in [6.45, 7) is 7.41. The molecule has 126 valence electrons. The molecule has 6 nitrogen and oxygen atoms in total. The SMILES string of the molecule is COc1ccc(C(C)(C)CNS(=O)(=O)c2c(C)noc2C)cc1. The van der Waals surface area contributed by atoms with Gasteiger partial charge in [0, 0.05) is 12.0 Å². The topological polar surface area (TPSA) is 81.4 Å². The lowest BCUT2D eigenvalue weighted by atomic mass is 9.85. The van der Waals surface area contributed by atoms with Crippen LogP contribution in [0.25, 0.3) is 0 Å². The maximum absolute atomic E-state index is 12.5. The predicted octanol–water partition coefficient (Wildman–Crippen LogP) is 2.56. The van der Waals surface area contributed by atoms with Crippen LogP contribution in [0.4, 0.5) is 0 Å². The smallest absolute Gasteiger partial charge is 0.245 e. The summed E-state index contributed by atoms with van der Waals surface area (Å²) in [4.78, 5) is 0.114. The van der Waals surface area contributed by atoms with Crippen LogP contribution >= 0.6 is 0 Å². The van der Waals surface area contributed by atoms with Gasteiger partial charge in [0.05, 0.1) is 7.11 Å². The van der Waals surface area contributed by atoms with Crippen LogP contribution in [-0.2, 0) is 15.4 Å². The number of methoxy groups -OCH3 is 1. The zero-order valence-electron chi connectivity index (χ0n) is 14.0. The molecular weight excluding hydrogens is 316 g/mol. The zero-order chi connectivity index (χ0) is 17.3. The van der Waals surface area contributed by atoms with Gasteiger partial charge >= 0.3 is 0 Å². The maximum atomic E-state index is 12.5. The molecule has 0 radical (unpaired) electrons. The van der Waals surface area contributed by atoms with Crippen LogP contribution in [0.1, 0.15) is 30.9 Å². The van der Waals surface area contributed by atoms with Crippen LogP contribution in [0.15, 0.2) is 33.7 Å². The van der Waals surface area contributed by atoms with Crippen molar-refractivity contribution in [1.82, 2.24) is 9.88 Å². The molecule has 0 saturated heterocycles. The Hall–Kier alpha value is -1.86. The minimum Gasteiger partial charge on any atom is -0.497 e. The quantitative estimate of drug-likeness (QED) is 0.875. The molecule has 0 aliphatic heterocycles. The van der Waals surface area contributed by atoms with Crippen LogP contribution in [0, 0.1) is 13.8 Å². The fourth-order valence-electron chi connectivity index (χ4n) is 2.35. The molecule has 1 N–H and O–H groups in total. The number of aryl methyl sites for hydroxylation is 2. The van der Waals surface area contributed by atoms with Crippen molar-refractivity contribution in [1.29, 1.82) is 0 Å². The second-order valence-electron chi connectivity index (χ2n) is 6.09. The molecule has 1 aromatic carbocycles. The van der Waals surface area contributed by atoms with Gasteiger partial charge in [0.1, 0.15) is 16.3 Å². The fraction of sp³-hybridized carbons (Fsp3) is 0.438. The largest absolute Gasteiger partial charge is 0.497 e. The molecule has 0 saturated carbocycles. The van der Waals surface area contributed by atoms with Crippen LogP contribution in [-0.4, -0.2) is 27.2 Å². The summed E-state index contributed by atoms with van der Waals surface area (Å²) in [6, 6.07) is 7.59. The highest BCUT2D eigenvalue weighted by Crippen LogP contribution is 2.26. The Morgan fingerprint density at radius 3 is 2.30 bits per heavy atom. The number of ether oxygens (including phenoxy) is 1. The molecule has 0 unspecified atom stereocenters. The molecule has 0 atom stereocenters. The Balaban J connectivity index is 2.17. The van der Waals surface area contributed by atoms with Crippen molar-refractivity contribution < 1.29 is 17.7 Å². The second-order valence-corrected chi connectivity index (χ2v) is 7.79. The van der Waals surface area contributed by atoms with Crippen LogP contribution < -0.4 is 9.46 Å². The molecule has 0 fully saturated rings. The average molecular weight is 338 g/mol. The summed E-state index contributed by atoms with van der Waals surface area (Å²) in [5.74, 6) is 1.05. The van der Waals surface area contributed by atoms with Gasteiger partial charge in [-0.2, -0.15) is 0 Å². The Morgan fingerprint density at radius 1 is 1.22 bits per heavy atom. The third kappa shape index (κ3) is 3.73. The van der Waals surface area contributed by atoms with Gasteiger partial charge in [0.15, 0.2) is 5.76 Å². The second kappa shape index (κ2) is 6.33. The molecule has 2 aromatic rings. The minimum atomic E-state index is -3.66. The number of rotatable bonds is 6. The summed E-state index contributed by atoms with van der Waals surface area (Å²) in [6.07, 6.45) is 0. The van der Waals surface area contributed by atoms with Crippen molar-refractivity contribution in [3.05, 3.63) is 41.3 Å². The third-order valence-corrected chi connectivity index (χ3v) is 5.46. The van der Waals surface area contributed by atoms with Crippen molar-refractivity contribution in [2.45, 2.75) is 38.0 Å². The molecule has 0 bridgehead atoms. The molecule has 1 aromatic heterocycles. The van der Waals surface area contributed by atoms with Crippen LogP contribution in [0.2, 0.25) is 0 Å². The Bertz CT molecular complexity index is 757. The number of nitrogens with zero attached hydrogens (tertiary/aromatic N) is 1. The Morgan fingerprint density at radius 2 is 1.83 bits per heavy atom. The summed E-state index contributed by atoms with van der Waals surface area (Å²) in [7, 11) is -2.05. The summed E-state index contributed by atoms with van der Waals surface area (Å²) in [5, 5.41) is 3.70. The highest BCUT2D eigenvalue weighted by molar-refractivity contribution is 7.89. The predicted molar refractivity (Wildman–Crippen MR) is 87.2 cm³/mol. The molecule has 1 heterocycles. The van der Waals surface area contributed by atoms with Gasteiger partial charge in [-0.05, 0) is 31.5 Å². The standard InChI is InChI=1S/C16H22N2O4S/c1-11-15(12(2)22-18-11)23(19,20)17-10-16(3,4)13-6-8-14(21-5)9-7-13/h6-9,17H,10H2,1-5H3. The van der Waals surface area contributed by atoms with E-state index in [0.717, 1.165) is 11.3 Å². The Kier molecular flexibility index (Phi) is 4.81. The van der Waals surface area contributed by atoms with E-state index in [0.29, 0.717) is 5.69 Å². The van der Waals surface area contributed by atoms with Crippen molar-refractivity contribution in [2.24, 2.45) is 0 Å². The van der Waals surface area contributed by atoms with E-state index in [4.69, 9.17) is 9.26 Å². The van der Waals surface area contributed by atoms with E-state index in [9.17, 15) is 8.42 Å². The van der Waals surface area contributed by atoms with Gasteiger partial charge in [0.25, 0.3) is 0 Å². The fourth-order valence-corrected chi connectivity index (χ4v) is 3.89. The maximum Gasteiger partial charge on any atom is 0.245 e. The van der Waals surface area contributed by atoms with Crippen molar-refractivity contribution in [2.75, 3.05) is 13.7 Å². The number of benzene rings is 1. The summed E-state index contributed by atoms with van der Waals surface area (Å²) < 4.78 is 37.7. The molecular formula is C16H22N2O4S. The van der Waals surface area contributed by atoms with E-state index in [1.54, 1.807) is 21.0 Å². The highest BCUT2D eigenvalue weighted by atomic mass is 32.2. The number of nitrogens with one attached hydrogen (secondary N) is 1. The van der Waals surface area contributed by atoms with Crippen molar-refractivity contribution >= 4 is 10.0 Å². The van der Waals surface area contributed by atoms with Crippen LogP contribution in [0.3, 0.4) is 0 Å². The minimum absolute atomic E-state index is 0.114. The molecule has 0 aliphatic carbocycles. The van der Waals surface area contributed by atoms with Gasteiger partial charge in [0.2, 0.25) is 10.0 Å². The van der Waals surface area contributed by atoms with E-state index < -0.39 is 10.0 Å². The monoisotopic (exact) mass is 338 g/mol. The number of aromatic nitrogens is 1. The third-order valence-electron chi connectivity index (χ3n) is 3.81. The van der Waals surface area contributed by atoms with Crippen molar-refractivity contribution in [3.63, 3.8) is 0 Å². The molecule has 0 spiro atoms. The molecule has 23 heavy (non-hydrogen) atoms. The van der Waals surface area contributed by atoms with E-state index in [2.05, 4.69) is 9.88 Å². The number of sulfonamides is 1. The highest BCUT2D eigenvalue weighted by Gasteiger charge is 2.28. The van der Waals surface area contributed by atoms with Crippen molar-refractivity contribution in [3.8, 4) is 5.75 Å². The zero-order valence-corrected chi connectivity index (χ0v) is 14.8. The van der Waals surface area contributed by atoms with Gasteiger partial charge in [-0.25, -0.2) is 13.1 Å². The molecule has 2 rings (SSSR count). The lowest BCUT2D eigenvalue weighted by Gasteiger charge is -2.25. The van der Waals surface area contributed by atoms with Gasteiger partial charge in [-0.3, -0.25) is 0 Å². The Labute approximate surface area is 136 Å². The molecule has 0 amide bonds. The van der Waals surface area contributed by atoms with Gasteiger partial charge < -0.3 is 9.26 Å². The van der Waals surface area contributed by atoms with E-state index in [1.807, 2.05) is 38.1 Å². The average Bonchev–Trinajstić information content (AvgIpc) is 2.85. The lowest BCUT2D eigenvalue weighted by Crippen LogP contribution is -2.37. The molecule has 7 heteroatoms. The first-order valence-electron chi connectivity index (χ1n) is 7.24. The molecule has 0 aliphatic rings. The number of hydrogen-bond acceptors (Lipinski definition) is 5. The first-order chi connectivity index (χ1) is 10.7. The first-order valence-corrected chi connectivity index (χ1v) is 8.73. The van der Waals surface area contributed by atoms with E-state index in [-0.39, 0.29) is 22.6 Å². The van der Waals surface area contributed by atoms with E-state index >= 15 is 0 Å². The van der Waals surface area contributed by atoms with Crippen LogP contribution in [0.5, 0.6) is 5.75 Å². The van der Waals surface area contributed by atoms with Gasteiger partial charge in [-0.1, -0.05) is 31.1 Å². The number of hydrogen-bond donors (Lipinski definition) is 1. The van der Waals surface area contributed by atoms with Gasteiger partial charge in [-0.15, -0.1) is 0 Å².